The number of nitrogens with zero attached hydrogens (tertiary/aromatic N) is 4. The number of oxazole rings is 1. The molecule has 8 heteroatoms. The molecule has 0 aliphatic carbocycles. The summed E-state index contributed by atoms with van der Waals surface area (Å²) in [5.74, 6) is 2.23. The molecule has 0 atom stereocenters. The zero-order valence-corrected chi connectivity index (χ0v) is 19.7. The maximum Gasteiger partial charge on any atom is 0.213 e. The minimum Gasteiger partial charge on any atom is -0.443 e. The lowest BCUT2D eigenvalue weighted by atomic mass is 9.94. The van der Waals surface area contributed by atoms with Gasteiger partial charge in [-0.2, -0.15) is 5.10 Å². The number of aliphatic imine (C=N–C) groups is 1. The Morgan fingerprint density at radius 3 is 2.55 bits per heavy atom. The van der Waals surface area contributed by atoms with Crippen molar-refractivity contribution in [3.8, 4) is 5.69 Å². The molecule has 0 fully saturated rings. The minimum absolute atomic E-state index is 0. The van der Waals surface area contributed by atoms with Crippen LogP contribution >= 0.6 is 24.0 Å². The first kappa shape index (κ1) is 22.9. The van der Waals surface area contributed by atoms with Gasteiger partial charge in [-0.3, -0.25) is 0 Å². The lowest BCUT2D eigenvalue weighted by Crippen LogP contribution is -2.36. The number of benzene rings is 1. The van der Waals surface area contributed by atoms with E-state index in [-0.39, 0.29) is 29.4 Å². The molecule has 1 aromatic carbocycles. The molecule has 29 heavy (non-hydrogen) atoms. The molecule has 0 amide bonds. The molecule has 7 nitrogen and oxygen atoms in total. The number of nitrogens with one attached hydrogen (secondary N) is 2. The van der Waals surface area contributed by atoms with Crippen molar-refractivity contribution >= 4 is 29.9 Å². The Hall–Kier alpha value is -2.36. The molecule has 156 valence electrons. The highest BCUT2D eigenvalue weighted by Crippen LogP contribution is 2.22. The Labute approximate surface area is 189 Å². The normalized spacial score (nSPS) is 11.8. The van der Waals surface area contributed by atoms with E-state index in [0.29, 0.717) is 24.9 Å². The summed E-state index contributed by atoms with van der Waals surface area (Å²) in [6, 6.07) is 10.0. The molecule has 0 radical (unpaired) electrons. The maximum atomic E-state index is 5.82. The van der Waals surface area contributed by atoms with E-state index in [0.717, 1.165) is 23.6 Å². The number of hydrogen-bond donors (Lipinski definition) is 2. The smallest absolute Gasteiger partial charge is 0.213 e. The molecule has 3 rings (SSSR count). The van der Waals surface area contributed by atoms with Crippen molar-refractivity contribution in [1.29, 1.82) is 0 Å². The Kier molecular flexibility index (Phi) is 8.24. The van der Waals surface area contributed by atoms with Crippen molar-refractivity contribution in [1.82, 2.24) is 25.4 Å². The Morgan fingerprint density at radius 1 is 1.14 bits per heavy atom. The zero-order valence-electron chi connectivity index (χ0n) is 17.3. The summed E-state index contributed by atoms with van der Waals surface area (Å²) in [4.78, 5) is 8.98. The van der Waals surface area contributed by atoms with Crippen LogP contribution in [0, 0.1) is 0 Å². The van der Waals surface area contributed by atoms with E-state index in [1.807, 2.05) is 54.3 Å². The maximum absolute atomic E-state index is 5.82. The van der Waals surface area contributed by atoms with E-state index in [4.69, 9.17) is 4.42 Å². The predicted molar refractivity (Wildman–Crippen MR) is 126 cm³/mol. The first-order valence-electron chi connectivity index (χ1n) is 9.52. The standard InChI is InChI=1S/C21H28N6O.HI/c1-5-22-20(25-14-19-23-13-18(28-19)21(2,3)4)24-11-16-12-26-27(15-16)17-9-7-6-8-10-17;/h6-10,12-13,15H,5,11,14H2,1-4H3,(H2,22,24,25);1H. The fourth-order valence-corrected chi connectivity index (χ4v) is 2.57. The van der Waals surface area contributed by atoms with Crippen LogP contribution in [0.1, 0.15) is 44.9 Å². The second-order valence-corrected chi connectivity index (χ2v) is 7.55. The largest absolute Gasteiger partial charge is 0.443 e. The first-order valence-corrected chi connectivity index (χ1v) is 9.52. The molecule has 0 unspecified atom stereocenters. The summed E-state index contributed by atoms with van der Waals surface area (Å²) >= 11 is 0. The van der Waals surface area contributed by atoms with Crippen molar-refractivity contribution in [2.24, 2.45) is 4.99 Å². The second kappa shape index (κ2) is 10.4. The van der Waals surface area contributed by atoms with E-state index in [1.54, 1.807) is 6.20 Å². The molecular weight excluding hydrogens is 479 g/mol. The number of guanidine groups is 1. The van der Waals surface area contributed by atoms with Crippen LogP contribution in [0.5, 0.6) is 0 Å². The SMILES string of the molecule is CCNC(=NCc1cnn(-c2ccccc2)c1)NCc1ncc(C(C)(C)C)o1.I. The van der Waals surface area contributed by atoms with Gasteiger partial charge in [0, 0.05) is 23.7 Å². The zero-order chi connectivity index (χ0) is 20.0. The van der Waals surface area contributed by atoms with Gasteiger partial charge in [-0.05, 0) is 19.1 Å². The van der Waals surface area contributed by atoms with Crippen LogP contribution in [0.4, 0.5) is 0 Å². The van der Waals surface area contributed by atoms with Gasteiger partial charge in [-0.25, -0.2) is 14.7 Å². The summed E-state index contributed by atoms with van der Waals surface area (Å²) in [5, 5.41) is 10.9. The Bertz CT molecular complexity index is 911. The highest BCUT2D eigenvalue weighted by atomic mass is 127. The minimum atomic E-state index is -0.0528. The fourth-order valence-electron chi connectivity index (χ4n) is 2.57. The molecular formula is C21H29IN6O. The van der Waals surface area contributed by atoms with Gasteiger partial charge in [0.1, 0.15) is 5.76 Å². The first-order chi connectivity index (χ1) is 13.5. The molecule has 2 aromatic heterocycles. The number of rotatable bonds is 6. The lowest BCUT2D eigenvalue weighted by Gasteiger charge is -2.13. The third-order valence-corrected chi connectivity index (χ3v) is 4.12. The van der Waals surface area contributed by atoms with E-state index in [2.05, 4.69) is 46.5 Å². The summed E-state index contributed by atoms with van der Waals surface area (Å²) < 4.78 is 7.68. The second-order valence-electron chi connectivity index (χ2n) is 7.55. The summed E-state index contributed by atoms with van der Waals surface area (Å²) in [6.45, 7) is 10.1. The predicted octanol–water partition coefficient (Wildman–Crippen LogP) is 4.03. The van der Waals surface area contributed by atoms with Gasteiger partial charge in [-0.15, -0.1) is 24.0 Å². The van der Waals surface area contributed by atoms with E-state index in [9.17, 15) is 0 Å². The van der Waals surface area contributed by atoms with Crippen LogP contribution < -0.4 is 10.6 Å². The summed E-state index contributed by atoms with van der Waals surface area (Å²) in [6.07, 6.45) is 5.62. The van der Waals surface area contributed by atoms with Gasteiger partial charge in [0.2, 0.25) is 5.89 Å². The van der Waals surface area contributed by atoms with E-state index >= 15 is 0 Å². The highest BCUT2D eigenvalue weighted by molar-refractivity contribution is 14.0. The number of aromatic nitrogens is 3. The highest BCUT2D eigenvalue weighted by Gasteiger charge is 2.19. The van der Waals surface area contributed by atoms with Gasteiger partial charge in [0.05, 0.1) is 31.2 Å². The van der Waals surface area contributed by atoms with Crippen LogP contribution in [-0.2, 0) is 18.5 Å². The Morgan fingerprint density at radius 2 is 1.90 bits per heavy atom. The van der Waals surface area contributed by atoms with Gasteiger partial charge in [0.15, 0.2) is 5.96 Å². The summed E-state index contributed by atoms with van der Waals surface area (Å²) in [5.41, 5.74) is 2.01. The lowest BCUT2D eigenvalue weighted by molar-refractivity contribution is 0.379. The molecule has 0 saturated heterocycles. The average molecular weight is 508 g/mol. The molecule has 2 N–H and O–H groups in total. The van der Waals surface area contributed by atoms with Crippen molar-refractivity contribution in [2.45, 2.75) is 46.2 Å². The molecule has 3 aromatic rings. The molecule has 0 aliphatic heterocycles. The third kappa shape index (κ3) is 6.59. The molecule has 2 heterocycles. The molecule has 0 saturated carbocycles. The van der Waals surface area contributed by atoms with Crippen LogP contribution in [0.3, 0.4) is 0 Å². The van der Waals surface area contributed by atoms with Crippen LogP contribution in [0.2, 0.25) is 0 Å². The fraction of sp³-hybridized carbons (Fsp3) is 0.381. The quantitative estimate of drug-likeness (QED) is 0.299. The van der Waals surface area contributed by atoms with Gasteiger partial charge < -0.3 is 15.1 Å². The van der Waals surface area contributed by atoms with Crippen LogP contribution in [0.15, 0.2) is 58.3 Å². The summed E-state index contributed by atoms with van der Waals surface area (Å²) in [7, 11) is 0. The molecule has 0 aliphatic rings. The van der Waals surface area contributed by atoms with Gasteiger partial charge in [-0.1, -0.05) is 39.0 Å². The molecule has 0 spiro atoms. The topological polar surface area (TPSA) is 80.3 Å². The van der Waals surface area contributed by atoms with E-state index < -0.39 is 0 Å². The van der Waals surface area contributed by atoms with E-state index in [1.165, 1.54) is 0 Å². The monoisotopic (exact) mass is 508 g/mol. The van der Waals surface area contributed by atoms with Crippen molar-refractivity contribution in [2.75, 3.05) is 6.54 Å². The average Bonchev–Trinajstić information content (AvgIpc) is 3.34. The number of hydrogen-bond acceptors (Lipinski definition) is 4. The van der Waals surface area contributed by atoms with Crippen molar-refractivity contribution in [3.63, 3.8) is 0 Å². The number of halogens is 1. The van der Waals surface area contributed by atoms with Crippen LogP contribution in [0.25, 0.3) is 5.69 Å². The van der Waals surface area contributed by atoms with Gasteiger partial charge in [0.25, 0.3) is 0 Å². The van der Waals surface area contributed by atoms with Gasteiger partial charge >= 0.3 is 0 Å². The van der Waals surface area contributed by atoms with Crippen molar-refractivity contribution in [3.05, 3.63) is 66.1 Å². The Balaban J connectivity index is 0.00000300. The van der Waals surface area contributed by atoms with Crippen LogP contribution in [-0.4, -0.2) is 27.3 Å². The number of para-hydroxylation sites is 1. The molecule has 0 bridgehead atoms. The van der Waals surface area contributed by atoms with Crippen molar-refractivity contribution < 1.29 is 4.42 Å². The third-order valence-electron chi connectivity index (χ3n) is 4.12.